The quantitative estimate of drug-likeness (QED) is 0.0763. The van der Waals surface area contributed by atoms with E-state index in [2.05, 4.69) is 10.3 Å². The highest BCUT2D eigenvalue weighted by Crippen LogP contribution is 2.40. The topological polar surface area (TPSA) is 114 Å². The van der Waals surface area contributed by atoms with E-state index in [1.54, 1.807) is 59.5 Å². The summed E-state index contributed by atoms with van der Waals surface area (Å²) in [6.45, 7) is 3.05. The second-order valence-corrected chi connectivity index (χ2v) is 11.3. The summed E-state index contributed by atoms with van der Waals surface area (Å²) in [4.78, 5) is 18.4. The van der Waals surface area contributed by atoms with E-state index in [1.807, 2.05) is 0 Å². The van der Waals surface area contributed by atoms with E-state index < -0.39 is 18.6 Å². The number of halogens is 4. The van der Waals surface area contributed by atoms with Crippen LogP contribution in [0.1, 0.15) is 41.5 Å². The fourth-order valence-corrected chi connectivity index (χ4v) is 5.26. The number of morpholine rings is 1. The average molecular weight is 638 g/mol. The van der Waals surface area contributed by atoms with Crippen molar-refractivity contribution >= 4 is 28.7 Å². The predicted molar refractivity (Wildman–Crippen MR) is 168 cm³/mol. The number of carbonyl (C=O) groups excluding carboxylic acids is 1. The lowest BCUT2D eigenvalue weighted by molar-refractivity contribution is -0.130. The first kappa shape index (κ1) is 32.8. The van der Waals surface area contributed by atoms with Crippen molar-refractivity contribution in [1.82, 2.24) is 15.2 Å². The Labute approximate surface area is 264 Å². The molecule has 4 N–H and O–H groups in total. The lowest BCUT2D eigenvalue weighted by Crippen LogP contribution is -2.40. The van der Waals surface area contributed by atoms with E-state index in [9.17, 15) is 22.4 Å². The van der Waals surface area contributed by atoms with Crippen molar-refractivity contribution in [2.24, 2.45) is 0 Å². The third kappa shape index (κ3) is 8.58. The number of rotatable bonds is 12. The van der Waals surface area contributed by atoms with E-state index in [0.29, 0.717) is 50.6 Å². The summed E-state index contributed by atoms with van der Waals surface area (Å²) in [5, 5.41) is 10.9. The number of hydrogen-bond acceptors (Lipinski definition) is 7. The summed E-state index contributed by atoms with van der Waals surface area (Å²) in [6.07, 6.45) is 0.730. The highest BCUT2D eigenvalue weighted by Gasteiger charge is 2.43. The van der Waals surface area contributed by atoms with Gasteiger partial charge in [-0.25, -0.2) is 4.98 Å². The molecule has 1 aliphatic heterocycles. The van der Waals surface area contributed by atoms with Crippen LogP contribution in [-0.2, 0) is 9.53 Å². The molecule has 1 amide bonds. The number of ether oxygens (including phenoxy) is 2. The van der Waals surface area contributed by atoms with Crippen LogP contribution in [0.2, 0.25) is 0 Å². The van der Waals surface area contributed by atoms with Gasteiger partial charge in [-0.1, -0.05) is 42.5 Å². The summed E-state index contributed by atoms with van der Waals surface area (Å²) < 4.78 is 67.1. The molecule has 3 aromatic rings. The van der Waals surface area contributed by atoms with Crippen LogP contribution in [-0.4, -0.2) is 72.9 Å². The number of benzene rings is 2. The number of nitrogens with one attached hydrogen (secondary N) is 2. The second-order valence-electron chi connectivity index (χ2n) is 11.3. The normalized spacial score (nSPS) is 16.7. The Bertz CT molecular complexity index is 1600. The number of amides is 1. The number of nitrogens with zero attached hydrogens (tertiary/aromatic N) is 2. The molecule has 1 saturated carbocycles. The van der Waals surface area contributed by atoms with E-state index in [4.69, 9.17) is 20.6 Å². The van der Waals surface area contributed by atoms with E-state index >= 15 is 0 Å². The van der Waals surface area contributed by atoms with Gasteiger partial charge in [0.25, 0.3) is 0 Å². The zero-order valence-electron chi connectivity index (χ0n) is 25.1. The Balaban J connectivity index is 1.35. The van der Waals surface area contributed by atoms with Crippen molar-refractivity contribution in [3.8, 4) is 5.88 Å². The monoisotopic (exact) mass is 637 g/mol. The predicted octanol–water partition coefficient (Wildman–Crippen LogP) is 5.79. The van der Waals surface area contributed by atoms with Gasteiger partial charge in [0, 0.05) is 49.2 Å². The van der Waals surface area contributed by atoms with Crippen LogP contribution in [0.4, 0.5) is 23.2 Å². The third-order valence-electron chi connectivity index (χ3n) is 7.93. The number of pyridine rings is 1. The molecule has 0 unspecified atom stereocenters. The number of alkyl halides is 3. The summed E-state index contributed by atoms with van der Waals surface area (Å²) in [5.74, 6) is -1.05. The van der Waals surface area contributed by atoms with Gasteiger partial charge in [0.1, 0.15) is 6.61 Å². The Hall–Kier alpha value is -4.55. The first-order chi connectivity index (χ1) is 22.0. The van der Waals surface area contributed by atoms with Crippen molar-refractivity contribution in [3.63, 3.8) is 0 Å². The van der Waals surface area contributed by atoms with Crippen LogP contribution in [0, 0.1) is 5.41 Å². The van der Waals surface area contributed by atoms with Crippen LogP contribution < -0.4 is 15.8 Å². The molecule has 1 aromatic heterocycles. The molecule has 1 aliphatic carbocycles. The minimum Gasteiger partial charge on any atom is -0.476 e. The van der Waals surface area contributed by atoms with Crippen LogP contribution in [0.5, 0.6) is 5.88 Å². The van der Waals surface area contributed by atoms with Crippen molar-refractivity contribution in [1.29, 1.82) is 5.41 Å². The zero-order valence-corrected chi connectivity index (χ0v) is 25.1. The molecule has 0 spiro atoms. The SMILES string of the molecule is N=C(F)c1cc(/C(=C(\CC(F)(F)F)c2ccccc2)c2ccc(OCC3(NC/C=C/C(=O)N4CCOCC4)CC3)nc2)ccc1N. The molecule has 242 valence electrons. The Kier molecular flexibility index (Phi) is 10.2. The largest absolute Gasteiger partial charge is 0.476 e. The second kappa shape index (κ2) is 14.3. The molecular formula is C34H35F4N5O3. The molecule has 8 nitrogen and oxygen atoms in total. The van der Waals surface area contributed by atoms with Gasteiger partial charge in [0.15, 0.2) is 0 Å². The smallest absolute Gasteiger partial charge is 0.393 e. The fourth-order valence-electron chi connectivity index (χ4n) is 5.26. The number of carbonyl (C=O) groups is 1. The number of nitrogen functional groups attached to an aromatic ring is 1. The molecule has 12 heteroatoms. The molecule has 2 aliphatic rings. The highest BCUT2D eigenvalue weighted by molar-refractivity contribution is 6.02. The molecule has 5 rings (SSSR count). The molecule has 0 atom stereocenters. The van der Waals surface area contributed by atoms with E-state index in [1.165, 1.54) is 24.4 Å². The molecule has 0 radical (unpaired) electrons. The maximum Gasteiger partial charge on any atom is 0.393 e. The summed E-state index contributed by atoms with van der Waals surface area (Å²) >= 11 is 0. The molecule has 0 bridgehead atoms. The average Bonchev–Trinajstić information content (AvgIpc) is 3.83. The minimum absolute atomic E-state index is 0.00337. The number of aromatic nitrogens is 1. The van der Waals surface area contributed by atoms with Gasteiger partial charge < -0.3 is 25.4 Å². The van der Waals surface area contributed by atoms with Crippen LogP contribution in [0.15, 0.2) is 79.0 Å². The summed E-state index contributed by atoms with van der Waals surface area (Å²) in [5.41, 5.74) is 6.47. The molecule has 2 fully saturated rings. The van der Waals surface area contributed by atoms with Crippen molar-refractivity contribution in [2.75, 3.05) is 45.2 Å². The standard InChI is InChI=1S/C34H35F4N5O3/c35-32(40)26-19-24(8-10-28(26)39)31(27(20-34(36,37)38)23-5-2-1-3-6-23)25-9-11-29(41-21-25)46-22-33(12-13-33)42-14-4-7-30(44)43-15-17-45-18-16-43/h1-11,19,21,40,42H,12-18,20,22,39H2/b7-4+,31-27-,40-32?. The highest BCUT2D eigenvalue weighted by atomic mass is 19.4. The first-order valence-electron chi connectivity index (χ1n) is 14.9. The molecule has 2 aromatic carbocycles. The van der Waals surface area contributed by atoms with Crippen LogP contribution in [0.3, 0.4) is 0 Å². The van der Waals surface area contributed by atoms with E-state index in [0.717, 1.165) is 12.8 Å². The van der Waals surface area contributed by atoms with Crippen LogP contribution in [0.25, 0.3) is 11.1 Å². The van der Waals surface area contributed by atoms with Gasteiger partial charge in [-0.3, -0.25) is 10.2 Å². The van der Waals surface area contributed by atoms with Crippen molar-refractivity contribution < 1.29 is 31.8 Å². The maximum atomic E-state index is 14.0. The Morgan fingerprint density at radius 3 is 2.41 bits per heavy atom. The number of nitrogens with two attached hydrogens (primary N) is 1. The molecule has 1 saturated heterocycles. The molecule has 2 heterocycles. The van der Waals surface area contributed by atoms with Crippen LogP contribution >= 0.6 is 0 Å². The van der Waals surface area contributed by atoms with Gasteiger partial charge in [0.05, 0.1) is 30.7 Å². The maximum absolute atomic E-state index is 14.0. The number of anilines is 1. The minimum atomic E-state index is -4.55. The van der Waals surface area contributed by atoms with E-state index in [-0.39, 0.29) is 45.3 Å². The van der Waals surface area contributed by atoms with Crippen molar-refractivity contribution in [3.05, 3.63) is 101 Å². The number of allylic oxidation sites excluding steroid dienone is 1. The van der Waals surface area contributed by atoms with Gasteiger partial charge in [-0.05, 0) is 53.3 Å². The number of hydrogen-bond donors (Lipinski definition) is 3. The zero-order chi connectivity index (χ0) is 32.7. The fraction of sp³-hybridized carbons (Fsp3) is 0.324. The third-order valence-corrected chi connectivity index (χ3v) is 7.93. The van der Waals surface area contributed by atoms with Gasteiger partial charge in [-0.15, -0.1) is 0 Å². The Morgan fingerprint density at radius 2 is 1.78 bits per heavy atom. The molecule has 46 heavy (non-hydrogen) atoms. The molecular weight excluding hydrogens is 602 g/mol. The van der Waals surface area contributed by atoms with Gasteiger partial charge in [-0.2, -0.15) is 17.6 Å². The summed E-state index contributed by atoms with van der Waals surface area (Å²) in [6, 6.07) is 15.5. The van der Waals surface area contributed by atoms with Gasteiger partial charge in [0.2, 0.25) is 17.8 Å². The summed E-state index contributed by atoms with van der Waals surface area (Å²) in [7, 11) is 0. The first-order valence-corrected chi connectivity index (χ1v) is 14.9. The lowest BCUT2D eigenvalue weighted by atomic mass is 9.87. The Morgan fingerprint density at radius 1 is 1.07 bits per heavy atom. The lowest BCUT2D eigenvalue weighted by Gasteiger charge is -2.25. The van der Waals surface area contributed by atoms with Gasteiger partial charge >= 0.3 is 6.18 Å². The van der Waals surface area contributed by atoms with Crippen molar-refractivity contribution in [2.45, 2.75) is 31.0 Å².